The Morgan fingerprint density at radius 3 is 2.31 bits per heavy atom. The predicted octanol–water partition coefficient (Wildman–Crippen LogP) is 5.28. The van der Waals surface area contributed by atoms with Crippen molar-refractivity contribution in [2.75, 3.05) is 16.8 Å². The number of carbonyl (C=O) groups excluding carboxylic acids is 2. The second-order valence-corrected chi connectivity index (χ2v) is 9.42. The predicted molar refractivity (Wildman–Crippen MR) is 120 cm³/mol. The molecule has 1 N–H and O–H groups in total. The van der Waals surface area contributed by atoms with Gasteiger partial charge in [0.1, 0.15) is 0 Å². The fraction of sp³-hybridized carbons (Fsp3) is 0.360. The summed E-state index contributed by atoms with van der Waals surface area (Å²) in [5.74, 6) is -0.185. The van der Waals surface area contributed by atoms with Crippen LogP contribution in [0, 0.1) is 0 Å². The zero-order valence-corrected chi connectivity index (χ0v) is 18.2. The lowest BCUT2D eigenvalue weighted by Crippen LogP contribution is -2.32. The second kappa shape index (κ2) is 7.51. The van der Waals surface area contributed by atoms with E-state index in [0.29, 0.717) is 12.2 Å². The normalized spacial score (nSPS) is 15.4. The summed E-state index contributed by atoms with van der Waals surface area (Å²) in [6.07, 6.45) is 3.34. The Morgan fingerprint density at radius 2 is 1.72 bits per heavy atom. The summed E-state index contributed by atoms with van der Waals surface area (Å²) in [4.78, 5) is 26.2. The lowest BCUT2D eigenvalue weighted by atomic mass is 9.87. The van der Waals surface area contributed by atoms with Gasteiger partial charge < -0.3 is 10.2 Å². The molecule has 2 aromatic rings. The molecule has 0 fully saturated rings. The third kappa shape index (κ3) is 4.58. The largest absolute Gasteiger partial charge is 0.322 e. The van der Waals surface area contributed by atoms with Gasteiger partial charge in [-0.1, -0.05) is 65.0 Å². The van der Waals surface area contributed by atoms with Crippen molar-refractivity contribution in [1.82, 2.24) is 0 Å². The molecule has 0 saturated heterocycles. The third-order valence-electron chi connectivity index (χ3n) is 5.42. The quantitative estimate of drug-likeness (QED) is 0.725. The highest BCUT2D eigenvalue weighted by molar-refractivity contribution is 6.03. The Balaban J connectivity index is 1.72. The zero-order chi connectivity index (χ0) is 21.4. The number of hydrogen-bond acceptors (Lipinski definition) is 2. The molecular weight excluding hydrogens is 360 g/mol. The molecule has 0 atom stereocenters. The second-order valence-electron chi connectivity index (χ2n) is 9.42. The molecule has 3 rings (SSSR count). The molecule has 4 nitrogen and oxygen atoms in total. The Morgan fingerprint density at radius 1 is 1.07 bits per heavy atom. The highest BCUT2D eigenvalue weighted by atomic mass is 16.2. The van der Waals surface area contributed by atoms with Crippen LogP contribution in [0.1, 0.15) is 58.2 Å². The van der Waals surface area contributed by atoms with Gasteiger partial charge in [0.15, 0.2) is 0 Å². The number of nitrogens with zero attached hydrogens (tertiary/aromatic N) is 1. The van der Waals surface area contributed by atoms with Gasteiger partial charge in [-0.15, -0.1) is 0 Å². The van der Waals surface area contributed by atoms with Crippen LogP contribution in [0.4, 0.5) is 11.4 Å². The average Bonchev–Trinajstić information content (AvgIpc) is 2.90. The molecule has 2 amide bonds. The van der Waals surface area contributed by atoms with E-state index in [1.165, 1.54) is 11.6 Å². The van der Waals surface area contributed by atoms with E-state index in [4.69, 9.17) is 0 Å². The highest BCUT2D eigenvalue weighted by Gasteiger charge is 2.36. The van der Waals surface area contributed by atoms with Gasteiger partial charge in [-0.25, -0.2) is 0 Å². The van der Waals surface area contributed by atoms with Crippen molar-refractivity contribution in [3.8, 4) is 0 Å². The minimum atomic E-state index is -0.198. The Kier molecular flexibility index (Phi) is 5.40. The van der Waals surface area contributed by atoms with E-state index in [9.17, 15) is 9.59 Å². The van der Waals surface area contributed by atoms with Crippen LogP contribution >= 0.6 is 0 Å². The maximum Gasteiger partial charge on any atom is 0.248 e. The summed E-state index contributed by atoms with van der Waals surface area (Å²) in [5, 5.41) is 2.90. The van der Waals surface area contributed by atoms with Crippen molar-refractivity contribution in [2.45, 2.75) is 52.4 Å². The van der Waals surface area contributed by atoms with Gasteiger partial charge in [0, 0.05) is 36.3 Å². The molecule has 1 aliphatic heterocycles. The van der Waals surface area contributed by atoms with E-state index in [1.54, 1.807) is 17.9 Å². The standard InChI is InChI=1S/C25H30N2O2/c1-17(28)27-16-25(5,6)21-13-12-20(15-22(21)27)26-23(29)14-9-18-7-10-19(11-8-18)24(2,3)4/h7-15H,16H2,1-6H3,(H,26,29). The third-order valence-corrected chi connectivity index (χ3v) is 5.42. The molecule has 1 heterocycles. The van der Waals surface area contributed by atoms with E-state index in [-0.39, 0.29) is 22.6 Å². The fourth-order valence-electron chi connectivity index (χ4n) is 3.70. The molecule has 152 valence electrons. The van der Waals surface area contributed by atoms with E-state index in [1.807, 2.05) is 30.3 Å². The summed E-state index contributed by atoms with van der Waals surface area (Å²) in [5.41, 5.74) is 4.94. The first-order valence-corrected chi connectivity index (χ1v) is 10.00. The summed E-state index contributed by atoms with van der Waals surface area (Å²) >= 11 is 0. The molecule has 0 saturated carbocycles. The highest BCUT2D eigenvalue weighted by Crippen LogP contribution is 2.41. The Bertz CT molecular complexity index is 963. The number of carbonyl (C=O) groups is 2. The van der Waals surface area contributed by atoms with Crippen molar-refractivity contribution in [3.05, 3.63) is 65.2 Å². The molecule has 0 spiro atoms. The number of nitrogens with one attached hydrogen (secondary N) is 1. The summed E-state index contributed by atoms with van der Waals surface area (Å²) in [7, 11) is 0. The lowest BCUT2D eigenvalue weighted by Gasteiger charge is -2.19. The molecule has 29 heavy (non-hydrogen) atoms. The first kappa shape index (κ1) is 20.8. The van der Waals surface area contributed by atoms with Crippen LogP contribution in [-0.2, 0) is 20.4 Å². The minimum absolute atomic E-state index is 0.0129. The van der Waals surface area contributed by atoms with E-state index in [2.05, 4.69) is 52.1 Å². The smallest absolute Gasteiger partial charge is 0.248 e. The molecule has 1 aliphatic rings. The molecular formula is C25H30N2O2. The van der Waals surface area contributed by atoms with Gasteiger partial charge in [0.05, 0.1) is 0 Å². The molecule has 0 bridgehead atoms. The number of hydrogen-bond donors (Lipinski definition) is 1. The van der Waals surface area contributed by atoms with Crippen molar-refractivity contribution in [1.29, 1.82) is 0 Å². The first-order valence-electron chi connectivity index (χ1n) is 10.00. The van der Waals surface area contributed by atoms with E-state index >= 15 is 0 Å². The summed E-state index contributed by atoms with van der Waals surface area (Å²) < 4.78 is 0. The maximum atomic E-state index is 12.4. The average molecular weight is 391 g/mol. The van der Waals surface area contributed by atoms with Crippen LogP contribution in [0.5, 0.6) is 0 Å². The van der Waals surface area contributed by atoms with Crippen molar-refractivity contribution in [3.63, 3.8) is 0 Å². The van der Waals surface area contributed by atoms with Gasteiger partial charge in [-0.05, 0) is 40.3 Å². The van der Waals surface area contributed by atoms with Crippen LogP contribution in [0.2, 0.25) is 0 Å². The molecule has 0 aromatic heterocycles. The number of anilines is 2. The molecule has 2 aromatic carbocycles. The molecule has 0 aliphatic carbocycles. The fourth-order valence-corrected chi connectivity index (χ4v) is 3.70. The lowest BCUT2D eigenvalue weighted by molar-refractivity contribution is -0.116. The number of amides is 2. The zero-order valence-electron chi connectivity index (χ0n) is 18.2. The number of rotatable bonds is 3. The van der Waals surface area contributed by atoms with Crippen molar-refractivity contribution >= 4 is 29.3 Å². The van der Waals surface area contributed by atoms with Gasteiger partial charge in [-0.3, -0.25) is 9.59 Å². The van der Waals surface area contributed by atoms with E-state index < -0.39 is 0 Å². The van der Waals surface area contributed by atoms with Crippen LogP contribution in [0.25, 0.3) is 6.08 Å². The van der Waals surface area contributed by atoms with Gasteiger partial charge in [0.2, 0.25) is 11.8 Å². The minimum Gasteiger partial charge on any atom is -0.322 e. The first-order chi connectivity index (χ1) is 13.5. The van der Waals surface area contributed by atoms with Crippen LogP contribution < -0.4 is 10.2 Å². The van der Waals surface area contributed by atoms with Crippen LogP contribution in [0.3, 0.4) is 0 Å². The van der Waals surface area contributed by atoms with Crippen LogP contribution in [-0.4, -0.2) is 18.4 Å². The molecule has 0 unspecified atom stereocenters. The van der Waals surface area contributed by atoms with E-state index in [0.717, 1.165) is 16.8 Å². The van der Waals surface area contributed by atoms with Crippen LogP contribution in [0.15, 0.2) is 48.5 Å². The molecule has 0 radical (unpaired) electrons. The molecule has 4 heteroatoms. The van der Waals surface area contributed by atoms with Gasteiger partial charge in [-0.2, -0.15) is 0 Å². The Hall–Kier alpha value is -2.88. The van der Waals surface area contributed by atoms with Crippen molar-refractivity contribution < 1.29 is 9.59 Å². The van der Waals surface area contributed by atoms with Crippen molar-refractivity contribution in [2.24, 2.45) is 0 Å². The topological polar surface area (TPSA) is 49.4 Å². The number of benzene rings is 2. The monoisotopic (exact) mass is 390 g/mol. The summed E-state index contributed by atoms with van der Waals surface area (Å²) in [6, 6.07) is 14.0. The van der Waals surface area contributed by atoms with Gasteiger partial charge >= 0.3 is 0 Å². The van der Waals surface area contributed by atoms with Gasteiger partial charge in [0.25, 0.3) is 0 Å². The Labute approximate surface area is 173 Å². The maximum absolute atomic E-state index is 12.4. The number of fused-ring (bicyclic) bond motifs is 1. The summed E-state index contributed by atoms with van der Waals surface area (Å²) in [6.45, 7) is 13.0. The SMILES string of the molecule is CC(=O)N1CC(C)(C)c2ccc(NC(=O)C=Cc3ccc(C(C)(C)C)cc3)cc21.